The van der Waals surface area contributed by atoms with Crippen LogP contribution >= 0.6 is 11.6 Å². The van der Waals surface area contributed by atoms with E-state index in [4.69, 9.17) is 17.3 Å². The minimum Gasteiger partial charge on any atom is -0.396 e. The summed E-state index contributed by atoms with van der Waals surface area (Å²) >= 11 is 6.11. The molecule has 2 aromatic rings. The summed E-state index contributed by atoms with van der Waals surface area (Å²) in [4.78, 5) is 13.9. The number of nitrogens with two attached hydrogens (primary N) is 1. The van der Waals surface area contributed by atoms with E-state index in [0.29, 0.717) is 17.3 Å². The van der Waals surface area contributed by atoms with E-state index >= 15 is 0 Å². The molecule has 1 aromatic heterocycles. The van der Waals surface area contributed by atoms with Crippen molar-refractivity contribution in [3.63, 3.8) is 0 Å². The number of nitrogens with zero attached hydrogens (tertiary/aromatic N) is 3. The number of amides is 1. The van der Waals surface area contributed by atoms with Crippen LogP contribution in [0.4, 0.5) is 5.69 Å². The Labute approximate surface area is 129 Å². The number of halogens is 1. The van der Waals surface area contributed by atoms with E-state index in [1.54, 1.807) is 16.6 Å². The third-order valence-corrected chi connectivity index (χ3v) is 3.88. The van der Waals surface area contributed by atoms with Gasteiger partial charge in [-0.2, -0.15) is 5.10 Å². The average molecular weight is 307 g/mol. The number of aromatic nitrogens is 2. The van der Waals surface area contributed by atoms with E-state index < -0.39 is 0 Å². The van der Waals surface area contributed by atoms with Gasteiger partial charge in [-0.05, 0) is 25.5 Å². The predicted molar refractivity (Wildman–Crippen MR) is 84.0 cm³/mol. The third-order valence-electron chi connectivity index (χ3n) is 3.51. The zero-order valence-electron chi connectivity index (χ0n) is 12.4. The van der Waals surface area contributed by atoms with Crippen LogP contribution in [0, 0.1) is 13.8 Å². The number of likely N-dealkylation sites (N-methyl/N-ethyl adjacent to an activating group) is 1. The number of hydrogen-bond acceptors (Lipinski definition) is 3. The zero-order chi connectivity index (χ0) is 15.6. The van der Waals surface area contributed by atoms with Crippen LogP contribution in [0.5, 0.6) is 0 Å². The van der Waals surface area contributed by atoms with Gasteiger partial charge in [0.2, 0.25) is 5.91 Å². The first-order valence-corrected chi connectivity index (χ1v) is 7.04. The maximum absolute atomic E-state index is 12.3. The van der Waals surface area contributed by atoms with Gasteiger partial charge >= 0.3 is 0 Å². The molecule has 0 fully saturated rings. The first-order valence-electron chi connectivity index (χ1n) is 6.67. The third kappa shape index (κ3) is 3.36. The molecule has 1 amide bonds. The highest BCUT2D eigenvalue weighted by Crippen LogP contribution is 2.17. The van der Waals surface area contributed by atoms with Crippen molar-refractivity contribution in [3.8, 4) is 0 Å². The normalized spacial score (nSPS) is 10.7. The van der Waals surface area contributed by atoms with Gasteiger partial charge in [-0.1, -0.05) is 29.8 Å². The molecule has 0 saturated heterocycles. The lowest BCUT2D eigenvalue weighted by Gasteiger charge is -2.18. The molecule has 6 heteroatoms. The Morgan fingerprint density at radius 2 is 2.05 bits per heavy atom. The summed E-state index contributed by atoms with van der Waals surface area (Å²) in [6, 6.07) is 7.50. The highest BCUT2D eigenvalue weighted by molar-refractivity contribution is 6.31. The molecule has 0 aliphatic rings. The number of rotatable bonds is 4. The van der Waals surface area contributed by atoms with Crippen LogP contribution in [0.3, 0.4) is 0 Å². The van der Waals surface area contributed by atoms with Crippen LogP contribution in [0.1, 0.15) is 17.0 Å². The van der Waals surface area contributed by atoms with Crippen molar-refractivity contribution in [2.45, 2.75) is 26.9 Å². The Balaban J connectivity index is 2.06. The Hall–Kier alpha value is -2.01. The van der Waals surface area contributed by atoms with E-state index in [-0.39, 0.29) is 12.5 Å². The van der Waals surface area contributed by atoms with Crippen molar-refractivity contribution >= 4 is 23.2 Å². The Kier molecular flexibility index (Phi) is 4.53. The van der Waals surface area contributed by atoms with Gasteiger partial charge in [0.25, 0.3) is 0 Å². The monoisotopic (exact) mass is 306 g/mol. The zero-order valence-corrected chi connectivity index (χ0v) is 13.2. The first kappa shape index (κ1) is 15.4. The van der Waals surface area contributed by atoms with Gasteiger partial charge in [0.1, 0.15) is 6.54 Å². The van der Waals surface area contributed by atoms with Crippen LogP contribution in [-0.2, 0) is 17.9 Å². The number of hydrogen-bond donors (Lipinski definition) is 1. The van der Waals surface area contributed by atoms with Crippen molar-refractivity contribution in [1.82, 2.24) is 14.7 Å². The van der Waals surface area contributed by atoms with E-state index in [9.17, 15) is 4.79 Å². The summed E-state index contributed by atoms with van der Waals surface area (Å²) in [7, 11) is 1.75. The lowest BCUT2D eigenvalue weighted by atomic mass is 10.2. The molecule has 0 saturated carbocycles. The van der Waals surface area contributed by atoms with E-state index in [0.717, 1.165) is 17.0 Å². The highest BCUT2D eigenvalue weighted by atomic mass is 35.5. The van der Waals surface area contributed by atoms with Gasteiger partial charge in [0.15, 0.2) is 0 Å². The number of benzene rings is 1. The minimum absolute atomic E-state index is 0.0412. The molecule has 1 heterocycles. The molecule has 0 bridgehead atoms. The average Bonchev–Trinajstić information content (AvgIpc) is 2.68. The summed E-state index contributed by atoms with van der Waals surface area (Å²) < 4.78 is 1.64. The fourth-order valence-corrected chi connectivity index (χ4v) is 2.28. The van der Waals surface area contributed by atoms with Gasteiger partial charge in [0, 0.05) is 18.6 Å². The second-order valence-electron chi connectivity index (χ2n) is 5.08. The topological polar surface area (TPSA) is 64.2 Å². The van der Waals surface area contributed by atoms with E-state index in [1.807, 2.05) is 38.1 Å². The number of anilines is 1. The van der Waals surface area contributed by atoms with Crippen molar-refractivity contribution in [3.05, 3.63) is 46.2 Å². The van der Waals surface area contributed by atoms with E-state index in [2.05, 4.69) is 5.10 Å². The molecule has 0 aliphatic heterocycles. The van der Waals surface area contributed by atoms with Crippen LogP contribution < -0.4 is 5.73 Å². The van der Waals surface area contributed by atoms with Gasteiger partial charge < -0.3 is 10.6 Å². The van der Waals surface area contributed by atoms with Gasteiger partial charge in [-0.25, -0.2) is 0 Å². The van der Waals surface area contributed by atoms with Crippen LogP contribution in [-0.4, -0.2) is 27.6 Å². The predicted octanol–water partition coefficient (Wildman–Crippen LogP) is 2.39. The molecule has 112 valence electrons. The second-order valence-corrected chi connectivity index (χ2v) is 5.49. The first-order chi connectivity index (χ1) is 9.90. The molecular weight excluding hydrogens is 288 g/mol. The number of carbonyl (C=O) groups is 1. The standard InChI is InChI=1S/C15H19ClN4O/c1-10-15(17)11(2)20(18-10)9-14(21)19(3)8-12-6-4-5-7-13(12)16/h4-7H,8-9,17H2,1-3H3. The van der Waals surface area contributed by atoms with Crippen LogP contribution in [0.2, 0.25) is 5.02 Å². The summed E-state index contributed by atoms with van der Waals surface area (Å²) in [6.07, 6.45) is 0. The van der Waals surface area contributed by atoms with Crippen molar-refractivity contribution in [2.75, 3.05) is 12.8 Å². The molecule has 21 heavy (non-hydrogen) atoms. The van der Waals surface area contributed by atoms with Gasteiger partial charge in [-0.3, -0.25) is 9.48 Å². The summed E-state index contributed by atoms with van der Waals surface area (Å²) in [6.45, 7) is 4.32. The lowest BCUT2D eigenvalue weighted by Crippen LogP contribution is -2.30. The smallest absolute Gasteiger partial charge is 0.244 e. The highest BCUT2D eigenvalue weighted by Gasteiger charge is 2.15. The number of aryl methyl sites for hydroxylation is 1. The van der Waals surface area contributed by atoms with Crippen molar-refractivity contribution in [1.29, 1.82) is 0 Å². The second kappa shape index (κ2) is 6.18. The molecule has 0 aliphatic carbocycles. The number of nitrogen functional groups attached to an aromatic ring is 1. The Bertz CT molecular complexity index is 666. The van der Waals surface area contributed by atoms with Crippen LogP contribution in [0.15, 0.2) is 24.3 Å². The molecule has 0 radical (unpaired) electrons. The Morgan fingerprint density at radius 3 is 2.62 bits per heavy atom. The van der Waals surface area contributed by atoms with Crippen molar-refractivity contribution < 1.29 is 4.79 Å². The molecule has 2 rings (SSSR count). The molecule has 1 aromatic carbocycles. The molecule has 0 unspecified atom stereocenters. The maximum Gasteiger partial charge on any atom is 0.244 e. The van der Waals surface area contributed by atoms with Gasteiger partial charge in [0.05, 0.1) is 17.1 Å². The summed E-state index contributed by atoms with van der Waals surface area (Å²) in [5, 5.41) is 4.93. The molecule has 0 atom stereocenters. The Morgan fingerprint density at radius 1 is 1.38 bits per heavy atom. The molecule has 0 spiro atoms. The number of carbonyl (C=O) groups excluding carboxylic acids is 1. The summed E-state index contributed by atoms with van der Waals surface area (Å²) in [5.41, 5.74) is 8.98. The SMILES string of the molecule is Cc1nn(CC(=O)N(C)Cc2ccccc2Cl)c(C)c1N. The fraction of sp³-hybridized carbons (Fsp3) is 0.333. The molecule has 2 N–H and O–H groups in total. The maximum atomic E-state index is 12.3. The largest absolute Gasteiger partial charge is 0.396 e. The lowest BCUT2D eigenvalue weighted by molar-refractivity contribution is -0.131. The quantitative estimate of drug-likeness (QED) is 0.943. The van der Waals surface area contributed by atoms with E-state index in [1.165, 1.54) is 0 Å². The molecule has 5 nitrogen and oxygen atoms in total. The summed E-state index contributed by atoms with van der Waals surface area (Å²) in [5.74, 6) is -0.0412. The van der Waals surface area contributed by atoms with Crippen molar-refractivity contribution in [2.24, 2.45) is 0 Å². The van der Waals surface area contributed by atoms with Crippen LogP contribution in [0.25, 0.3) is 0 Å². The minimum atomic E-state index is -0.0412. The molecular formula is C15H19ClN4O. The van der Waals surface area contributed by atoms with Gasteiger partial charge in [-0.15, -0.1) is 0 Å². The fourth-order valence-electron chi connectivity index (χ4n) is 2.08.